The van der Waals surface area contributed by atoms with Crippen molar-refractivity contribution in [3.63, 3.8) is 0 Å². The number of anilines is 1. The van der Waals surface area contributed by atoms with E-state index in [0.717, 1.165) is 17.2 Å². The monoisotopic (exact) mass is 249 g/mol. The van der Waals surface area contributed by atoms with Crippen LogP contribution in [0.1, 0.15) is 11.1 Å². The number of rotatable bonds is 2. The molecule has 0 aliphatic carbocycles. The summed E-state index contributed by atoms with van der Waals surface area (Å²) in [6.45, 7) is 3.86. The van der Waals surface area contributed by atoms with Crippen LogP contribution in [0.25, 0.3) is 0 Å². The molecule has 2 aromatic carbocycles. The van der Waals surface area contributed by atoms with Gasteiger partial charge < -0.3 is 10.5 Å². The first-order valence-corrected chi connectivity index (χ1v) is 5.47. The van der Waals surface area contributed by atoms with Crippen LogP contribution in [0.4, 0.5) is 14.5 Å². The molecule has 94 valence electrons. The van der Waals surface area contributed by atoms with E-state index in [1.807, 2.05) is 19.9 Å². The van der Waals surface area contributed by atoms with E-state index in [9.17, 15) is 8.78 Å². The van der Waals surface area contributed by atoms with Crippen LogP contribution in [0, 0.1) is 25.5 Å². The van der Waals surface area contributed by atoms with E-state index in [0.29, 0.717) is 5.75 Å². The molecule has 2 rings (SSSR count). The van der Waals surface area contributed by atoms with Gasteiger partial charge in [-0.2, -0.15) is 4.39 Å². The Morgan fingerprint density at radius 3 is 2.39 bits per heavy atom. The van der Waals surface area contributed by atoms with Gasteiger partial charge in [0, 0.05) is 0 Å². The number of nitrogen functional groups attached to an aromatic ring is 1. The Morgan fingerprint density at radius 2 is 1.72 bits per heavy atom. The number of halogens is 2. The summed E-state index contributed by atoms with van der Waals surface area (Å²) in [5.74, 6) is -1.91. The minimum absolute atomic E-state index is 0.0622. The molecule has 0 saturated carbocycles. The third kappa shape index (κ3) is 2.27. The van der Waals surface area contributed by atoms with Crippen molar-refractivity contribution in [3.8, 4) is 11.5 Å². The molecule has 0 fully saturated rings. The number of aryl methyl sites for hydroxylation is 2. The standard InChI is InChI=1S/C14H13F2NO/c1-8-3-4-10(7-9(8)2)18-14-12(17)6-5-11(15)13(14)16/h3-7H,17H2,1-2H3. The summed E-state index contributed by atoms with van der Waals surface area (Å²) in [6, 6.07) is 7.52. The van der Waals surface area contributed by atoms with Crippen molar-refractivity contribution in [2.45, 2.75) is 13.8 Å². The zero-order chi connectivity index (χ0) is 13.3. The second-order valence-corrected chi connectivity index (χ2v) is 4.13. The van der Waals surface area contributed by atoms with Crippen LogP contribution in [0.5, 0.6) is 11.5 Å². The van der Waals surface area contributed by atoms with Gasteiger partial charge in [-0.25, -0.2) is 4.39 Å². The quantitative estimate of drug-likeness (QED) is 0.818. The van der Waals surface area contributed by atoms with E-state index in [1.54, 1.807) is 12.1 Å². The Bertz CT molecular complexity index is 597. The molecule has 0 saturated heterocycles. The predicted molar refractivity (Wildman–Crippen MR) is 66.8 cm³/mol. The van der Waals surface area contributed by atoms with Crippen molar-refractivity contribution in [2.24, 2.45) is 0 Å². The average molecular weight is 249 g/mol. The van der Waals surface area contributed by atoms with Gasteiger partial charge in [0.1, 0.15) is 5.75 Å². The average Bonchev–Trinajstić information content (AvgIpc) is 2.34. The van der Waals surface area contributed by atoms with Crippen molar-refractivity contribution >= 4 is 5.69 Å². The molecule has 4 heteroatoms. The third-order valence-corrected chi connectivity index (χ3v) is 2.78. The van der Waals surface area contributed by atoms with Crippen LogP contribution in [0.3, 0.4) is 0 Å². The van der Waals surface area contributed by atoms with Crippen LogP contribution in [-0.2, 0) is 0 Å². The van der Waals surface area contributed by atoms with Gasteiger partial charge in [-0.05, 0) is 49.2 Å². The summed E-state index contributed by atoms with van der Waals surface area (Å²) < 4.78 is 32.0. The lowest BCUT2D eigenvalue weighted by Gasteiger charge is -2.11. The third-order valence-electron chi connectivity index (χ3n) is 2.78. The van der Waals surface area contributed by atoms with Crippen LogP contribution in [-0.4, -0.2) is 0 Å². The molecule has 0 bridgehead atoms. The maximum absolute atomic E-state index is 13.5. The Hall–Kier alpha value is -2.10. The molecule has 2 N–H and O–H groups in total. The van der Waals surface area contributed by atoms with Crippen molar-refractivity contribution in [3.05, 3.63) is 53.1 Å². The maximum Gasteiger partial charge on any atom is 0.203 e. The lowest BCUT2D eigenvalue weighted by Crippen LogP contribution is -1.98. The first-order chi connectivity index (χ1) is 8.49. The molecule has 0 unspecified atom stereocenters. The Balaban J connectivity index is 2.39. The Labute approximate surface area is 104 Å². The lowest BCUT2D eigenvalue weighted by atomic mass is 10.1. The zero-order valence-corrected chi connectivity index (χ0v) is 10.1. The highest BCUT2D eigenvalue weighted by Crippen LogP contribution is 2.32. The smallest absolute Gasteiger partial charge is 0.203 e. The highest BCUT2D eigenvalue weighted by Gasteiger charge is 2.14. The summed E-state index contributed by atoms with van der Waals surface area (Å²) in [5.41, 5.74) is 7.73. The first-order valence-electron chi connectivity index (χ1n) is 5.47. The summed E-state index contributed by atoms with van der Waals surface area (Å²) >= 11 is 0. The molecule has 18 heavy (non-hydrogen) atoms. The van der Waals surface area contributed by atoms with Crippen LogP contribution in [0.15, 0.2) is 30.3 Å². The van der Waals surface area contributed by atoms with E-state index in [2.05, 4.69) is 0 Å². The lowest BCUT2D eigenvalue weighted by molar-refractivity contribution is 0.418. The van der Waals surface area contributed by atoms with Crippen LogP contribution >= 0.6 is 0 Å². The molecule has 0 aliphatic heterocycles. The largest absolute Gasteiger partial charge is 0.452 e. The van der Waals surface area contributed by atoms with Crippen molar-refractivity contribution < 1.29 is 13.5 Å². The van der Waals surface area contributed by atoms with Gasteiger partial charge in [-0.15, -0.1) is 0 Å². The number of nitrogens with two attached hydrogens (primary N) is 1. The van der Waals surface area contributed by atoms with E-state index in [1.165, 1.54) is 6.07 Å². The van der Waals surface area contributed by atoms with Gasteiger partial charge in [-0.1, -0.05) is 6.07 Å². The predicted octanol–water partition coefficient (Wildman–Crippen LogP) is 3.96. The summed E-state index contributed by atoms with van der Waals surface area (Å²) in [7, 11) is 0. The molecule has 0 radical (unpaired) electrons. The summed E-state index contributed by atoms with van der Waals surface area (Å²) in [4.78, 5) is 0. The number of benzene rings is 2. The second-order valence-electron chi connectivity index (χ2n) is 4.13. The summed E-state index contributed by atoms with van der Waals surface area (Å²) in [6.07, 6.45) is 0. The minimum Gasteiger partial charge on any atom is -0.452 e. The fraction of sp³-hybridized carbons (Fsp3) is 0.143. The van der Waals surface area contributed by atoms with Crippen LogP contribution < -0.4 is 10.5 Å². The maximum atomic E-state index is 13.5. The van der Waals surface area contributed by atoms with Crippen LogP contribution in [0.2, 0.25) is 0 Å². The topological polar surface area (TPSA) is 35.2 Å². The minimum atomic E-state index is -1.08. The second kappa shape index (κ2) is 4.64. The normalized spacial score (nSPS) is 10.4. The highest BCUT2D eigenvalue weighted by molar-refractivity contribution is 5.55. The van der Waals surface area contributed by atoms with E-state index in [-0.39, 0.29) is 11.4 Å². The van der Waals surface area contributed by atoms with Gasteiger partial charge in [0.05, 0.1) is 5.69 Å². The van der Waals surface area contributed by atoms with E-state index >= 15 is 0 Å². The van der Waals surface area contributed by atoms with Gasteiger partial charge >= 0.3 is 0 Å². The van der Waals surface area contributed by atoms with E-state index in [4.69, 9.17) is 10.5 Å². The molecule has 0 aliphatic rings. The number of hydrogen-bond donors (Lipinski definition) is 1. The molecule has 0 heterocycles. The van der Waals surface area contributed by atoms with Crippen molar-refractivity contribution in [2.75, 3.05) is 5.73 Å². The van der Waals surface area contributed by atoms with Crippen molar-refractivity contribution in [1.82, 2.24) is 0 Å². The molecule has 2 aromatic rings. The molecule has 0 atom stereocenters. The fourth-order valence-corrected chi connectivity index (χ4v) is 1.55. The zero-order valence-electron chi connectivity index (χ0n) is 10.1. The van der Waals surface area contributed by atoms with E-state index < -0.39 is 11.6 Å². The SMILES string of the molecule is Cc1ccc(Oc2c(N)ccc(F)c2F)cc1C. The van der Waals surface area contributed by atoms with Gasteiger partial charge in [0.25, 0.3) is 0 Å². The molecule has 0 amide bonds. The molecule has 0 spiro atoms. The molecular weight excluding hydrogens is 236 g/mol. The number of ether oxygens (including phenoxy) is 1. The fourth-order valence-electron chi connectivity index (χ4n) is 1.55. The molecule has 2 nitrogen and oxygen atoms in total. The van der Waals surface area contributed by atoms with Gasteiger partial charge in [-0.3, -0.25) is 0 Å². The Morgan fingerprint density at radius 1 is 1.00 bits per heavy atom. The van der Waals surface area contributed by atoms with Gasteiger partial charge in [0.15, 0.2) is 11.6 Å². The highest BCUT2D eigenvalue weighted by atomic mass is 19.2. The molecule has 0 aromatic heterocycles. The molecular formula is C14H13F2NO. The number of hydrogen-bond acceptors (Lipinski definition) is 2. The summed E-state index contributed by atoms with van der Waals surface area (Å²) in [5, 5.41) is 0. The Kier molecular flexibility index (Phi) is 3.19. The van der Waals surface area contributed by atoms with Gasteiger partial charge in [0.2, 0.25) is 5.82 Å². The first kappa shape index (κ1) is 12.4. The van der Waals surface area contributed by atoms with Crippen molar-refractivity contribution in [1.29, 1.82) is 0 Å².